The maximum Gasteiger partial charge on any atom is 0.338 e. The van der Waals surface area contributed by atoms with Gasteiger partial charge in [0.1, 0.15) is 0 Å². The molecule has 0 radical (unpaired) electrons. The van der Waals surface area contributed by atoms with Crippen LogP contribution in [0.1, 0.15) is 18.5 Å². The zero-order valence-corrected chi connectivity index (χ0v) is 13.5. The molecule has 0 unspecified atom stereocenters. The highest BCUT2D eigenvalue weighted by Crippen LogP contribution is 2.31. The van der Waals surface area contributed by atoms with Gasteiger partial charge in [0.05, 0.1) is 18.2 Å². The van der Waals surface area contributed by atoms with Crippen LogP contribution in [0.4, 0.5) is 4.79 Å². The molecule has 1 atom stereocenters. The second-order valence-electron chi connectivity index (χ2n) is 4.57. The fraction of sp³-hybridized carbons (Fsp3) is 0.333. The summed E-state index contributed by atoms with van der Waals surface area (Å²) in [5.41, 5.74) is 1.92. The first-order valence-electron chi connectivity index (χ1n) is 6.65. The highest BCUT2D eigenvalue weighted by atomic mass is 79.9. The first kappa shape index (κ1) is 15.6. The summed E-state index contributed by atoms with van der Waals surface area (Å²) in [6.45, 7) is 2.05. The van der Waals surface area contributed by atoms with Crippen LogP contribution in [0, 0.1) is 0 Å². The normalized spacial score (nSPS) is 18.5. The molecule has 2 amide bonds. The van der Waals surface area contributed by atoms with Crippen molar-refractivity contribution in [3.8, 4) is 0 Å². The molecule has 1 N–H and O–H groups in total. The van der Waals surface area contributed by atoms with Gasteiger partial charge in [0, 0.05) is 18.1 Å². The number of rotatable bonds is 4. The summed E-state index contributed by atoms with van der Waals surface area (Å²) in [6, 6.07) is 8.64. The number of carbonyl (C=O) groups is 2. The van der Waals surface area contributed by atoms with Gasteiger partial charge in [-0.3, -0.25) is 4.90 Å². The average Bonchev–Trinajstić information content (AvgIpc) is 2.50. The number of hydrogen-bond acceptors (Lipinski definition) is 3. The van der Waals surface area contributed by atoms with Gasteiger partial charge in [-0.15, -0.1) is 0 Å². The first-order chi connectivity index (χ1) is 10.1. The number of nitrogens with zero attached hydrogens (tertiary/aromatic N) is 1. The summed E-state index contributed by atoms with van der Waals surface area (Å²) >= 11 is 3.35. The van der Waals surface area contributed by atoms with Crippen LogP contribution in [0.2, 0.25) is 0 Å². The Labute approximate surface area is 132 Å². The smallest absolute Gasteiger partial charge is 0.338 e. The van der Waals surface area contributed by atoms with E-state index in [1.54, 1.807) is 14.0 Å². The number of hydrogen-bond donors (Lipinski definition) is 1. The lowest BCUT2D eigenvalue weighted by Gasteiger charge is -2.34. The van der Waals surface area contributed by atoms with Crippen LogP contribution in [0.15, 0.2) is 41.6 Å². The van der Waals surface area contributed by atoms with Gasteiger partial charge in [0.15, 0.2) is 0 Å². The van der Waals surface area contributed by atoms with E-state index in [1.165, 1.54) is 4.90 Å². The van der Waals surface area contributed by atoms with Crippen LogP contribution in [-0.4, -0.2) is 35.9 Å². The molecule has 1 heterocycles. The van der Waals surface area contributed by atoms with Crippen molar-refractivity contribution in [1.29, 1.82) is 0 Å². The molecule has 0 saturated heterocycles. The maximum absolute atomic E-state index is 12.3. The predicted octanol–water partition coefficient (Wildman–Crippen LogP) is 2.59. The lowest BCUT2D eigenvalue weighted by molar-refractivity contribution is -0.139. The molecule has 1 aliphatic heterocycles. The number of amides is 2. The molecule has 1 aliphatic rings. The minimum Gasteiger partial charge on any atom is -0.463 e. The van der Waals surface area contributed by atoms with E-state index in [1.807, 2.05) is 30.3 Å². The molecule has 0 bridgehead atoms. The Morgan fingerprint density at radius 2 is 2.05 bits per heavy atom. The number of alkyl halides is 1. The van der Waals surface area contributed by atoms with Crippen molar-refractivity contribution in [2.75, 3.05) is 19.0 Å². The highest BCUT2D eigenvalue weighted by Gasteiger charge is 2.36. The Balaban J connectivity index is 2.53. The molecule has 2 rings (SSSR count). The molecule has 6 heteroatoms. The molecule has 1 aromatic carbocycles. The molecule has 21 heavy (non-hydrogen) atoms. The van der Waals surface area contributed by atoms with Crippen LogP contribution < -0.4 is 5.32 Å². The topological polar surface area (TPSA) is 58.6 Å². The largest absolute Gasteiger partial charge is 0.463 e. The fourth-order valence-electron chi connectivity index (χ4n) is 2.26. The van der Waals surface area contributed by atoms with E-state index in [4.69, 9.17) is 4.74 Å². The summed E-state index contributed by atoms with van der Waals surface area (Å²) in [4.78, 5) is 25.8. The van der Waals surface area contributed by atoms with Gasteiger partial charge < -0.3 is 10.1 Å². The van der Waals surface area contributed by atoms with E-state index in [2.05, 4.69) is 21.2 Å². The third-order valence-electron chi connectivity index (χ3n) is 3.33. The van der Waals surface area contributed by atoms with Gasteiger partial charge in [0.25, 0.3) is 0 Å². The molecule has 0 aromatic heterocycles. The second kappa shape index (κ2) is 6.76. The van der Waals surface area contributed by atoms with Crippen molar-refractivity contribution in [2.45, 2.75) is 13.0 Å². The van der Waals surface area contributed by atoms with Crippen LogP contribution >= 0.6 is 15.9 Å². The van der Waals surface area contributed by atoms with Gasteiger partial charge in [-0.1, -0.05) is 46.3 Å². The lowest BCUT2D eigenvalue weighted by atomic mass is 9.95. The number of ether oxygens (including phenoxy) is 1. The minimum atomic E-state index is -0.499. The zero-order valence-electron chi connectivity index (χ0n) is 11.9. The van der Waals surface area contributed by atoms with E-state index in [-0.39, 0.29) is 12.6 Å². The van der Waals surface area contributed by atoms with Gasteiger partial charge in [-0.25, -0.2) is 9.59 Å². The average molecular weight is 353 g/mol. The number of carbonyl (C=O) groups excluding carboxylic acids is 2. The summed E-state index contributed by atoms with van der Waals surface area (Å²) in [5, 5.41) is 3.24. The van der Waals surface area contributed by atoms with E-state index in [0.717, 1.165) is 5.56 Å². The Hall–Kier alpha value is -1.82. The SMILES string of the molecule is CCOC(=O)C1=C(CBr)N(C)C(=O)N[C@@H]1c1ccccc1. The number of urea groups is 1. The van der Waals surface area contributed by atoms with Crippen LogP contribution in [-0.2, 0) is 9.53 Å². The Morgan fingerprint density at radius 3 is 2.62 bits per heavy atom. The standard InChI is InChI=1S/C15H17BrN2O3/c1-3-21-14(19)12-11(9-16)18(2)15(20)17-13(12)10-7-5-4-6-8-10/h4-8,13H,3,9H2,1-2H3,(H,17,20)/t13-/m1/s1. The number of esters is 1. The van der Waals surface area contributed by atoms with Crippen LogP contribution in [0.3, 0.4) is 0 Å². The van der Waals surface area contributed by atoms with Crippen LogP contribution in [0.25, 0.3) is 0 Å². The van der Waals surface area contributed by atoms with E-state index < -0.39 is 12.0 Å². The van der Waals surface area contributed by atoms with Gasteiger partial charge in [-0.05, 0) is 12.5 Å². The quantitative estimate of drug-likeness (QED) is 0.669. The highest BCUT2D eigenvalue weighted by molar-refractivity contribution is 9.09. The Kier molecular flexibility index (Phi) is 5.01. The van der Waals surface area contributed by atoms with E-state index in [9.17, 15) is 9.59 Å². The number of benzene rings is 1. The van der Waals surface area contributed by atoms with Crippen LogP contribution in [0.5, 0.6) is 0 Å². The van der Waals surface area contributed by atoms with Crippen molar-refractivity contribution >= 4 is 27.9 Å². The predicted molar refractivity (Wildman–Crippen MR) is 82.9 cm³/mol. The summed E-state index contributed by atoms with van der Waals surface area (Å²) in [6.07, 6.45) is 0. The summed E-state index contributed by atoms with van der Waals surface area (Å²) in [5.74, 6) is -0.410. The molecule has 1 aromatic rings. The molecule has 0 aliphatic carbocycles. The van der Waals surface area contributed by atoms with Crippen molar-refractivity contribution in [1.82, 2.24) is 10.2 Å². The molecule has 112 valence electrons. The van der Waals surface area contributed by atoms with E-state index >= 15 is 0 Å². The molecular weight excluding hydrogens is 336 g/mol. The van der Waals surface area contributed by atoms with Gasteiger partial charge in [-0.2, -0.15) is 0 Å². The first-order valence-corrected chi connectivity index (χ1v) is 7.77. The molecule has 5 nitrogen and oxygen atoms in total. The van der Waals surface area contributed by atoms with Crippen molar-refractivity contribution in [3.63, 3.8) is 0 Å². The van der Waals surface area contributed by atoms with E-state index in [0.29, 0.717) is 16.6 Å². The van der Waals surface area contributed by atoms with Gasteiger partial charge in [0.2, 0.25) is 0 Å². The summed E-state index contributed by atoms with van der Waals surface area (Å²) < 4.78 is 5.15. The number of allylic oxidation sites excluding steroid dienone is 1. The molecule has 0 fully saturated rings. The summed E-state index contributed by atoms with van der Waals surface area (Å²) in [7, 11) is 1.63. The molecular formula is C15H17BrN2O3. The van der Waals surface area contributed by atoms with Crippen molar-refractivity contribution < 1.29 is 14.3 Å². The monoisotopic (exact) mass is 352 g/mol. The van der Waals surface area contributed by atoms with Crippen molar-refractivity contribution in [2.24, 2.45) is 0 Å². The maximum atomic E-state index is 12.3. The molecule has 0 saturated carbocycles. The zero-order chi connectivity index (χ0) is 15.4. The minimum absolute atomic E-state index is 0.244. The second-order valence-corrected chi connectivity index (χ2v) is 5.13. The Bertz CT molecular complexity index is 572. The molecule has 0 spiro atoms. The Morgan fingerprint density at radius 1 is 1.38 bits per heavy atom. The third-order valence-corrected chi connectivity index (χ3v) is 3.86. The third kappa shape index (κ3) is 3.10. The van der Waals surface area contributed by atoms with Crippen molar-refractivity contribution in [3.05, 3.63) is 47.2 Å². The lowest BCUT2D eigenvalue weighted by Crippen LogP contribution is -2.47. The fourth-order valence-corrected chi connectivity index (χ4v) is 2.94. The number of halogens is 1. The number of nitrogens with one attached hydrogen (secondary N) is 1. The van der Waals surface area contributed by atoms with Gasteiger partial charge >= 0.3 is 12.0 Å².